The SMILES string of the molecule is CN(CC(=O)N1CCS[C@@H]1c1ccc(F)cc1)Cc1cccc(C#N)c1. The molecule has 1 aliphatic rings. The topological polar surface area (TPSA) is 47.3 Å². The van der Waals surface area contributed by atoms with Gasteiger partial charge < -0.3 is 4.90 Å². The molecule has 1 aliphatic heterocycles. The summed E-state index contributed by atoms with van der Waals surface area (Å²) in [6, 6.07) is 15.9. The summed E-state index contributed by atoms with van der Waals surface area (Å²) >= 11 is 1.70. The Morgan fingerprint density at radius 2 is 2.12 bits per heavy atom. The Morgan fingerprint density at radius 1 is 1.35 bits per heavy atom. The third-order valence-corrected chi connectivity index (χ3v) is 5.54. The monoisotopic (exact) mass is 369 g/mol. The maximum Gasteiger partial charge on any atom is 0.237 e. The minimum absolute atomic E-state index is 0.0570. The van der Waals surface area contributed by atoms with E-state index in [0.29, 0.717) is 25.2 Å². The highest BCUT2D eigenvalue weighted by molar-refractivity contribution is 7.99. The highest BCUT2D eigenvalue weighted by Crippen LogP contribution is 2.37. The van der Waals surface area contributed by atoms with E-state index in [1.807, 2.05) is 35.0 Å². The summed E-state index contributed by atoms with van der Waals surface area (Å²) in [7, 11) is 1.90. The molecular weight excluding hydrogens is 349 g/mol. The number of halogens is 1. The lowest BCUT2D eigenvalue weighted by Crippen LogP contribution is -2.38. The van der Waals surface area contributed by atoms with E-state index in [9.17, 15) is 9.18 Å². The first-order valence-electron chi connectivity index (χ1n) is 8.41. The molecule has 0 aliphatic carbocycles. The molecule has 0 saturated carbocycles. The molecule has 0 spiro atoms. The molecule has 3 rings (SSSR count). The average molecular weight is 369 g/mol. The fourth-order valence-electron chi connectivity index (χ4n) is 3.06. The van der Waals surface area contributed by atoms with Gasteiger partial charge in [0.25, 0.3) is 0 Å². The van der Waals surface area contributed by atoms with Crippen LogP contribution in [0.1, 0.15) is 22.1 Å². The third-order valence-electron chi connectivity index (χ3n) is 4.28. The van der Waals surface area contributed by atoms with Gasteiger partial charge in [-0.1, -0.05) is 24.3 Å². The lowest BCUT2D eigenvalue weighted by atomic mass is 10.1. The van der Waals surface area contributed by atoms with Crippen molar-refractivity contribution in [2.75, 3.05) is 25.9 Å². The van der Waals surface area contributed by atoms with Gasteiger partial charge in [0.1, 0.15) is 11.2 Å². The van der Waals surface area contributed by atoms with E-state index in [1.54, 1.807) is 30.0 Å². The smallest absolute Gasteiger partial charge is 0.237 e. The molecule has 1 atom stereocenters. The number of nitrogens with zero attached hydrogens (tertiary/aromatic N) is 3. The molecule has 0 aromatic heterocycles. The Kier molecular flexibility index (Phi) is 5.92. The minimum Gasteiger partial charge on any atom is -0.325 e. The number of hydrogen-bond acceptors (Lipinski definition) is 4. The maximum absolute atomic E-state index is 13.1. The van der Waals surface area contributed by atoms with Crippen molar-refractivity contribution in [2.24, 2.45) is 0 Å². The highest BCUT2D eigenvalue weighted by atomic mass is 32.2. The number of benzene rings is 2. The number of likely N-dealkylation sites (N-methyl/N-ethyl adjacent to an activating group) is 1. The summed E-state index contributed by atoms with van der Waals surface area (Å²) < 4.78 is 13.1. The molecule has 6 heteroatoms. The van der Waals surface area contributed by atoms with Gasteiger partial charge in [0.15, 0.2) is 0 Å². The fourth-order valence-corrected chi connectivity index (χ4v) is 4.34. The molecule has 1 fully saturated rings. The van der Waals surface area contributed by atoms with Gasteiger partial charge in [0.2, 0.25) is 5.91 Å². The Hall–Kier alpha value is -2.36. The van der Waals surface area contributed by atoms with Gasteiger partial charge in [0, 0.05) is 18.8 Å². The molecule has 2 aromatic carbocycles. The number of carbonyl (C=O) groups is 1. The zero-order valence-corrected chi connectivity index (χ0v) is 15.4. The molecule has 1 amide bonds. The number of carbonyl (C=O) groups excluding carboxylic acids is 1. The Morgan fingerprint density at radius 3 is 2.85 bits per heavy atom. The summed E-state index contributed by atoms with van der Waals surface area (Å²) in [5.74, 6) is 0.666. The van der Waals surface area contributed by atoms with E-state index in [0.717, 1.165) is 16.9 Å². The van der Waals surface area contributed by atoms with Gasteiger partial charge in [-0.05, 0) is 42.4 Å². The zero-order chi connectivity index (χ0) is 18.5. The maximum atomic E-state index is 13.1. The van der Waals surface area contributed by atoms with Crippen LogP contribution in [0.4, 0.5) is 4.39 Å². The molecule has 0 radical (unpaired) electrons. The van der Waals surface area contributed by atoms with Gasteiger partial charge in [-0.15, -0.1) is 11.8 Å². The third kappa shape index (κ3) is 4.43. The van der Waals surface area contributed by atoms with Gasteiger partial charge in [-0.2, -0.15) is 5.26 Å². The number of nitriles is 1. The van der Waals surface area contributed by atoms with Crippen molar-refractivity contribution in [3.05, 3.63) is 71.0 Å². The molecule has 2 aromatic rings. The highest BCUT2D eigenvalue weighted by Gasteiger charge is 2.30. The van der Waals surface area contributed by atoms with E-state index < -0.39 is 0 Å². The molecule has 0 unspecified atom stereocenters. The Bertz CT molecular complexity index is 819. The second-order valence-electron chi connectivity index (χ2n) is 6.35. The second-order valence-corrected chi connectivity index (χ2v) is 7.53. The van der Waals surface area contributed by atoms with Crippen LogP contribution in [0.15, 0.2) is 48.5 Å². The molecule has 1 heterocycles. The Labute approximate surface area is 157 Å². The molecule has 4 nitrogen and oxygen atoms in total. The molecule has 0 bridgehead atoms. The van der Waals surface area contributed by atoms with Crippen molar-refractivity contribution >= 4 is 17.7 Å². The van der Waals surface area contributed by atoms with Gasteiger partial charge >= 0.3 is 0 Å². The van der Waals surface area contributed by atoms with Crippen LogP contribution in [0.25, 0.3) is 0 Å². The quantitative estimate of drug-likeness (QED) is 0.810. The second kappa shape index (κ2) is 8.35. The minimum atomic E-state index is -0.269. The standard InChI is InChI=1S/C20H20FN3OS/c1-23(13-16-4-2-3-15(11-16)12-22)14-19(25)24-9-10-26-20(24)17-5-7-18(21)8-6-17/h2-8,11,20H,9-10,13-14H2,1H3/t20-/m1/s1. The first kappa shape index (κ1) is 18.4. The summed E-state index contributed by atoms with van der Waals surface area (Å²) in [5.41, 5.74) is 2.58. The van der Waals surface area contributed by atoms with Crippen LogP contribution in [0.2, 0.25) is 0 Å². The van der Waals surface area contributed by atoms with Crippen molar-refractivity contribution in [2.45, 2.75) is 11.9 Å². The van der Waals surface area contributed by atoms with Crippen LogP contribution in [0.3, 0.4) is 0 Å². The van der Waals surface area contributed by atoms with Crippen molar-refractivity contribution in [3.63, 3.8) is 0 Å². The number of hydrogen-bond donors (Lipinski definition) is 0. The number of thioether (sulfide) groups is 1. The zero-order valence-electron chi connectivity index (χ0n) is 14.6. The lowest BCUT2D eigenvalue weighted by molar-refractivity contribution is -0.132. The number of rotatable bonds is 5. The van der Waals surface area contributed by atoms with E-state index in [-0.39, 0.29) is 17.1 Å². The molecule has 134 valence electrons. The molecular formula is C20H20FN3OS. The summed E-state index contributed by atoms with van der Waals surface area (Å²) in [6.07, 6.45) is 0. The first-order valence-corrected chi connectivity index (χ1v) is 9.46. The van der Waals surface area contributed by atoms with Crippen LogP contribution in [-0.2, 0) is 11.3 Å². The van der Waals surface area contributed by atoms with Crippen molar-refractivity contribution in [3.8, 4) is 6.07 Å². The molecule has 0 N–H and O–H groups in total. The van der Waals surface area contributed by atoms with Crippen LogP contribution < -0.4 is 0 Å². The first-order chi connectivity index (χ1) is 12.6. The summed E-state index contributed by atoms with van der Waals surface area (Å²) in [5, 5.41) is 8.93. The largest absolute Gasteiger partial charge is 0.325 e. The van der Waals surface area contributed by atoms with Crippen LogP contribution in [0, 0.1) is 17.1 Å². The van der Waals surface area contributed by atoms with E-state index in [2.05, 4.69) is 6.07 Å². The van der Waals surface area contributed by atoms with E-state index in [1.165, 1.54) is 12.1 Å². The van der Waals surface area contributed by atoms with Crippen molar-refractivity contribution in [1.82, 2.24) is 9.80 Å². The lowest BCUT2D eigenvalue weighted by Gasteiger charge is -2.26. The molecule has 26 heavy (non-hydrogen) atoms. The fraction of sp³-hybridized carbons (Fsp3) is 0.300. The van der Waals surface area contributed by atoms with Crippen LogP contribution in [0.5, 0.6) is 0 Å². The predicted octanol–water partition coefficient (Wildman–Crippen LogP) is 3.40. The van der Waals surface area contributed by atoms with Gasteiger partial charge in [0.05, 0.1) is 18.2 Å². The summed E-state index contributed by atoms with van der Waals surface area (Å²) in [4.78, 5) is 16.6. The van der Waals surface area contributed by atoms with Gasteiger partial charge in [-0.25, -0.2) is 4.39 Å². The van der Waals surface area contributed by atoms with Crippen LogP contribution in [-0.4, -0.2) is 41.6 Å². The van der Waals surface area contributed by atoms with E-state index >= 15 is 0 Å². The van der Waals surface area contributed by atoms with Crippen molar-refractivity contribution in [1.29, 1.82) is 5.26 Å². The predicted molar refractivity (Wildman–Crippen MR) is 101 cm³/mol. The molecule has 1 saturated heterocycles. The number of amides is 1. The summed E-state index contributed by atoms with van der Waals surface area (Å²) in [6.45, 7) is 1.60. The normalized spacial score (nSPS) is 16.7. The van der Waals surface area contributed by atoms with E-state index in [4.69, 9.17) is 5.26 Å². The van der Waals surface area contributed by atoms with Crippen molar-refractivity contribution < 1.29 is 9.18 Å². The average Bonchev–Trinajstić information content (AvgIpc) is 3.12. The van der Waals surface area contributed by atoms with Gasteiger partial charge in [-0.3, -0.25) is 9.69 Å². The van der Waals surface area contributed by atoms with Crippen LogP contribution >= 0.6 is 11.8 Å². The Balaban J connectivity index is 1.62.